The number of rotatable bonds is 3. The Labute approximate surface area is 134 Å². The molecule has 0 bridgehead atoms. The van der Waals surface area contributed by atoms with Crippen LogP contribution in [0.1, 0.15) is 0 Å². The van der Waals surface area contributed by atoms with Gasteiger partial charge in [0.2, 0.25) is 5.95 Å². The molecule has 0 saturated carbocycles. The first-order valence-electron chi connectivity index (χ1n) is 6.75. The quantitative estimate of drug-likeness (QED) is 0.621. The van der Waals surface area contributed by atoms with E-state index < -0.39 is 5.82 Å². The largest absolute Gasteiger partial charge is 0.323 e. The lowest BCUT2D eigenvalue weighted by Crippen LogP contribution is -2.00. The Bertz CT molecular complexity index is 971. The summed E-state index contributed by atoms with van der Waals surface area (Å²) in [7, 11) is 0. The Morgan fingerprint density at radius 1 is 1.13 bits per heavy atom. The molecule has 0 fully saturated rings. The Hall–Kier alpha value is -2.93. The molecule has 7 heteroatoms. The van der Waals surface area contributed by atoms with Gasteiger partial charge in [-0.15, -0.1) is 11.3 Å². The van der Waals surface area contributed by atoms with Crippen molar-refractivity contribution < 1.29 is 4.39 Å². The van der Waals surface area contributed by atoms with Crippen molar-refractivity contribution in [1.29, 1.82) is 0 Å². The zero-order valence-electron chi connectivity index (χ0n) is 11.7. The zero-order chi connectivity index (χ0) is 15.6. The highest BCUT2D eigenvalue weighted by atomic mass is 32.1. The molecule has 3 heterocycles. The zero-order valence-corrected chi connectivity index (χ0v) is 12.5. The van der Waals surface area contributed by atoms with Crippen molar-refractivity contribution in [3.05, 3.63) is 60.3 Å². The van der Waals surface area contributed by atoms with Crippen molar-refractivity contribution in [2.45, 2.75) is 0 Å². The van der Waals surface area contributed by atoms with Crippen LogP contribution in [0.15, 0.2) is 48.2 Å². The Kier molecular flexibility index (Phi) is 3.39. The standard InChI is InChI=1S/C16H9FN5S/c17-12-8-19-16(21-11-2-1-5-18-7-11)22-15(12)10-3-4-14-13(6-10)20-9-23-14/h1-4,6-9H,(H,19,21,22). The van der Waals surface area contributed by atoms with Gasteiger partial charge in [-0.05, 0) is 24.3 Å². The van der Waals surface area contributed by atoms with Crippen LogP contribution < -0.4 is 5.32 Å². The molecule has 0 aliphatic rings. The van der Waals surface area contributed by atoms with Crippen molar-refractivity contribution >= 4 is 33.2 Å². The normalized spacial score (nSPS) is 10.8. The number of anilines is 2. The van der Waals surface area contributed by atoms with Crippen LogP contribution in [0.3, 0.4) is 0 Å². The first-order chi connectivity index (χ1) is 11.3. The summed E-state index contributed by atoms with van der Waals surface area (Å²) in [5.41, 5.74) is 4.18. The Morgan fingerprint density at radius 3 is 2.96 bits per heavy atom. The van der Waals surface area contributed by atoms with Crippen molar-refractivity contribution in [2.75, 3.05) is 5.32 Å². The first-order valence-corrected chi connectivity index (χ1v) is 7.63. The monoisotopic (exact) mass is 322 g/mol. The van der Waals surface area contributed by atoms with E-state index in [1.165, 1.54) is 0 Å². The summed E-state index contributed by atoms with van der Waals surface area (Å²) < 4.78 is 15.2. The number of halogens is 1. The van der Waals surface area contributed by atoms with Gasteiger partial charge in [-0.3, -0.25) is 4.98 Å². The van der Waals surface area contributed by atoms with Crippen molar-refractivity contribution in [3.8, 4) is 11.3 Å². The molecular formula is C16H9FN5S. The van der Waals surface area contributed by atoms with Crippen molar-refractivity contribution in [3.63, 3.8) is 0 Å². The summed E-state index contributed by atoms with van der Waals surface area (Å²) in [6, 6.07) is 9.01. The number of fused-ring (bicyclic) bond motifs is 1. The van der Waals surface area contributed by atoms with E-state index in [1.807, 2.05) is 18.2 Å². The fourth-order valence-electron chi connectivity index (χ4n) is 2.16. The summed E-state index contributed by atoms with van der Waals surface area (Å²) in [6.45, 7) is 0. The topological polar surface area (TPSA) is 63.6 Å². The third kappa shape index (κ3) is 2.74. The maximum absolute atomic E-state index is 14.1. The van der Waals surface area contributed by atoms with E-state index in [2.05, 4.69) is 31.4 Å². The molecule has 4 rings (SSSR count). The van der Waals surface area contributed by atoms with Crippen molar-refractivity contribution in [1.82, 2.24) is 19.9 Å². The molecule has 0 aliphatic carbocycles. The molecule has 0 spiro atoms. The lowest BCUT2D eigenvalue weighted by atomic mass is 10.1. The fraction of sp³-hybridized carbons (Fsp3) is 0. The highest BCUT2D eigenvalue weighted by molar-refractivity contribution is 7.16. The Balaban J connectivity index is 1.74. The molecule has 1 N–H and O–H groups in total. The van der Waals surface area contributed by atoms with Crippen molar-refractivity contribution in [2.24, 2.45) is 0 Å². The molecule has 111 valence electrons. The van der Waals surface area contributed by atoms with Gasteiger partial charge in [0.1, 0.15) is 5.69 Å². The number of nitrogens with zero attached hydrogens (tertiary/aromatic N) is 4. The second kappa shape index (κ2) is 5.69. The number of pyridine rings is 1. The predicted octanol–water partition coefficient (Wildman–Crippen LogP) is 3.83. The summed E-state index contributed by atoms with van der Waals surface area (Å²) in [6.07, 6.45) is 5.42. The van der Waals surface area contributed by atoms with E-state index in [9.17, 15) is 4.39 Å². The molecule has 0 amide bonds. The van der Waals surface area contributed by atoms with E-state index in [-0.39, 0.29) is 5.69 Å². The summed E-state index contributed by atoms with van der Waals surface area (Å²) in [4.78, 5) is 16.4. The smallest absolute Gasteiger partial charge is 0.227 e. The number of thiazole rings is 1. The molecule has 3 aromatic heterocycles. The molecule has 0 saturated heterocycles. The number of hydrogen-bond acceptors (Lipinski definition) is 6. The molecule has 0 aliphatic heterocycles. The van der Waals surface area contributed by atoms with E-state index in [4.69, 9.17) is 0 Å². The van der Waals surface area contributed by atoms with Gasteiger partial charge in [-0.1, -0.05) is 6.07 Å². The Morgan fingerprint density at radius 2 is 2.09 bits per heavy atom. The van der Waals surface area contributed by atoms with E-state index in [1.54, 1.807) is 35.2 Å². The van der Waals surface area contributed by atoms with Gasteiger partial charge in [0, 0.05) is 5.56 Å². The SMILES string of the molecule is Fc1cnc(Nc2cc[c]nc2)nc1-c1ccc2scnc2c1. The lowest BCUT2D eigenvalue weighted by molar-refractivity contribution is 0.619. The van der Waals surface area contributed by atoms with Gasteiger partial charge < -0.3 is 5.32 Å². The summed E-state index contributed by atoms with van der Waals surface area (Å²) in [5, 5.41) is 2.99. The van der Waals surface area contributed by atoms with Gasteiger partial charge in [-0.2, -0.15) is 0 Å². The van der Waals surface area contributed by atoms with Gasteiger partial charge in [0.25, 0.3) is 0 Å². The number of benzene rings is 1. The van der Waals surface area contributed by atoms with E-state index in [0.29, 0.717) is 17.2 Å². The van der Waals surface area contributed by atoms with E-state index in [0.717, 1.165) is 16.4 Å². The van der Waals surface area contributed by atoms with Crippen LogP contribution in [0.25, 0.3) is 21.5 Å². The van der Waals surface area contributed by atoms with Gasteiger partial charge in [0.05, 0.1) is 40.0 Å². The minimum absolute atomic E-state index is 0.229. The second-order valence-electron chi connectivity index (χ2n) is 4.73. The molecule has 0 unspecified atom stereocenters. The average Bonchev–Trinajstić information content (AvgIpc) is 3.05. The molecule has 0 atom stereocenters. The number of nitrogens with one attached hydrogen (secondary N) is 1. The number of aromatic nitrogens is 4. The highest BCUT2D eigenvalue weighted by Crippen LogP contribution is 2.27. The molecule has 1 aromatic carbocycles. The third-order valence-corrected chi connectivity index (χ3v) is 4.03. The first kappa shape index (κ1) is 13.7. The van der Waals surface area contributed by atoms with Gasteiger partial charge >= 0.3 is 0 Å². The molecular weight excluding hydrogens is 313 g/mol. The van der Waals surface area contributed by atoms with Gasteiger partial charge in [0.15, 0.2) is 5.82 Å². The maximum atomic E-state index is 14.1. The van der Waals surface area contributed by atoms with Crippen LogP contribution in [0, 0.1) is 12.0 Å². The molecule has 1 radical (unpaired) electrons. The fourth-order valence-corrected chi connectivity index (χ4v) is 2.82. The lowest BCUT2D eigenvalue weighted by Gasteiger charge is -2.07. The number of hydrogen-bond donors (Lipinski definition) is 1. The van der Waals surface area contributed by atoms with Crippen LogP contribution >= 0.6 is 11.3 Å². The van der Waals surface area contributed by atoms with Crippen LogP contribution in [0.4, 0.5) is 16.0 Å². The molecule has 5 nitrogen and oxygen atoms in total. The maximum Gasteiger partial charge on any atom is 0.227 e. The van der Waals surface area contributed by atoms with Crippen LogP contribution in [0.5, 0.6) is 0 Å². The molecule has 4 aromatic rings. The highest BCUT2D eigenvalue weighted by Gasteiger charge is 2.11. The average molecular weight is 322 g/mol. The predicted molar refractivity (Wildman–Crippen MR) is 87.0 cm³/mol. The van der Waals surface area contributed by atoms with Crippen LogP contribution in [-0.2, 0) is 0 Å². The minimum atomic E-state index is -0.482. The summed E-state index contributed by atoms with van der Waals surface area (Å²) in [5.74, 6) is -0.183. The van der Waals surface area contributed by atoms with E-state index >= 15 is 0 Å². The van der Waals surface area contributed by atoms with Gasteiger partial charge in [-0.25, -0.2) is 19.3 Å². The summed E-state index contributed by atoms with van der Waals surface area (Å²) >= 11 is 1.54. The second-order valence-corrected chi connectivity index (χ2v) is 5.61. The third-order valence-electron chi connectivity index (χ3n) is 3.22. The minimum Gasteiger partial charge on any atom is -0.323 e. The van der Waals surface area contributed by atoms with Crippen LogP contribution in [0.2, 0.25) is 0 Å². The van der Waals surface area contributed by atoms with Crippen LogP contribution in [-0.4, -0.2) is 19.9 Å². The molecule has 23 heavy (non-hydrogen) atoms.